The fraction of sp³-hybridized carbons (Fsp3) is 0.371. The van der Waals surface area contributed by atoms with Gasteiger partial charge in [0.25, 0.3) is 5.91 Å². The van der Waals surface area contributed by atoms with Crippen LogP contribution in [0.25, 0.3) is 0 Å². The Morgan fingerprint density at radius 1 is 1.05 bits per heavy atom. The van der Waals surface area contributed by atoms with Crippen molar-refractivity contribution in [2.75, 3.05) is 0 Å². The Balaban J connectivity index is 0.000000977. The van der Waals surface area contributed by atoms with Crippen LogP contribution in [0, 0.1) is 12.8 Å². The number of aromatic nitrogens is 2. The van der Waals surface area contributed by atoms with Crippen LogP contribution in [0.15, 0.2) is 79.4 Å². The number of hydrogen-bond acceptors (Lipinski definition) is 5. The number of terminal acetylenes is 1. The molecule has 3 N–H and O–H groups in total. The lowest BCUT2D eigenvalue weighted by atomic mass is 9.95. The van der Waals surface area contributed by atoms with Gasteiger partial charge in [-0.25, -0.2) is 0 Å². The van der Waals surface area contributed by atoms with Crippen molar-refractivity contribution in [3.05, 3.63) is 102 Å². The predicted molar refractivity (Wildman–Crippen MR) is 174 cm³/mol. The van der Waals surface area contributed by atoms with Crippen LogP contribution >= 0.6 is 0 Å². The Morgan fingerprint density at radius 3 is 2.07 bits per heavy atom. The number of nitrogens with one attached hydrogen (secondary N) is 2. The zero-order valence-electron chi connectivity index (χ0n) is 26.0. The van der Waals surface area contributed by atoms with Crippen molar-refractivity contribution < 1.29 is 19.5 Å². The first-order valence-electron chi connectivity index (χ1n) is 14.6. The van der Waals surface area contributed by atoms with E-state index in [4.69, 9.17) is 5.11 Å². The van der Waals surface area contributed by atoms with Crippen LogP contribution in [0.2, 0.25) is 0 Å². The summed E-state index contributed by atoms with van der Waals surface area (Å²) in [6.07, 6.45) is 15.8. The Hall–Kier alpha value is -4.48. The second-order valence-corrected chi connectivity index (χ2v) is 9.29. The number of benzene rings is 2. The van der Waals surface area contributed by atoms with Gasteiger partial charge >= 0.3 is 0 Å². The minimum Gasteiger partial charge on any atom is -0.392 e. The van der Waals surface area contributed by atoms with E-state index in [1.807, 2.05) is 88.4 Å². The quantitative estimate of drug-likeness (QED) is 0.163. The molecule has 4 rings (SSSR count). The van der Waals surface area contributed by atoms with E-state index in [1.165, 1.54) is 17.2 Å². The van der Waals surface area contributed by atoms with Gasteiger partial charge < -0.3 is 15.7 Å². The zero-order valence-corrected chi connectivity index (χ0v) is 26.0. The second kappa shape index (κ2) is 24.2. The van der Waals surface area contributed by atoms with E-state index in [0.717, 1.165) is 36.8 Å². The largest absolute Gasteiger partial charge is 0.392 e. The Kier molecular flexibility index (Phi) is 21.6. The molecule has 2 amide bonds. The van der Waals surface area contributed by atoms with E-state index in [9.17, 15) is 14.4 Å². The molecule has 3 aromatic rings. The number of rotatable bonds is 8. The SMILES string of the molecule is C#C.C=CC.CC.CC(NC(=O)c1cc(C=O)n(CC(=O)NC2CCCCC2)n1)c1ccccc1.OCc1ccccc1. The summed E-state index contributed by atoms with van der Waals surface area (Å²) in [5.74, 6) is -0.575. The normalized spacial score (nSPS) is 12.3. The van der Waals surface area contributed by atoms with Crippen LogP contribution in [0.4, 0.5) is 0 Å². The molecule has 1 saturated carbocycles. The molecule has 8 heteroatoms. The van der Waals surface area contributed by atoms with Gasteiger partial charge in [-0.2, -0.15) is 5.10 Å². The van der Waals surface area contributed by atoms with Gasteiger partial charge in [-0.15, -0.1) is 19.4 Å². The third kappa shape index (κ3) is 15.4. The van der Waals surface area contributed by atoms with Gasteiger partial charge in [-0.1, -0.05) is 99.8 Å². The minimum absolute atomic E-state index is 0.0773. The third-order valence-corrected chi connectivity index (χ3v) is 6.10. The Labute approximate surface area is 257 Å². The molecule has 0 radical (unpaired) electrons. The number of carbonyl (C=O) groups excluding carboxylic acids is 3. The molecule has 0 bridgehead atoms. The number of allylic oxidation sites excluding steroid dienone is 1. The third-order valence-electron chi connectivity index (χ3n) is 6.10. The molecule has 43 heavy (non-hydrogen) atoms. The molecule has 232 valence electrons. The molecule has 0 aliphatic heterocycles. The van der Waals surface area contributed by atoms with Crippen LogP contribution in [-0.4, -0.2) is 39.0 Å². The smallest absolute Gasteiger partial charge is 0.272 e. The molecule has 1 atom stereocenters. The predicted octanol–water partition coefficient (Wildman–Crippen LogP) is 6.28. The lowest BCUT2D eigenvalue weighted by Crippen LogP contribution is -2.38. The summed E-state index contributed by atoms with van der Waals surface area (Å²) in [5.41, 5.74) is 2.26. The maximum Gasteiger partial charge on any atom is 0.272 e. The summed E-state index contributed by atoms with van der Waals surface area (Å²) in [7, 11) is 0. The molecule has 1 aliphatic rings. The van der Waals surface area contributed by atoms with Crippen LogP contribution in [-0.2, 0) is 17.9 Å². The standard InChI is InChI=1S/C21H26N4O3.C7H8O.C3H6.C2H6.C2H2/c1-15(16-8-4-2-5-9-16)22-21(28)19-12-18(14-26)25(24-19)13-20(27)23-17-10-6-3-7-11-17;8-6-7-4-2-1-3-5-7;1-3-2;2*1-2/h2,4-5,8-9,12,14-15,17H,3,6-7,10-11,13H2,1H3,(H,22,28)(H,23,27);1-5,8H,6H2;3H,1H2,2H3;1-2H3;1-2H. The first kappa shape index (κ1) is 38.5. The maximum absolute atomic E-state index is 12.5. The minimum atomic E-state index is -0.383. The Morgan fingerprint density at radius 2 is 1.58 bits per heavy atom. The van der Waals surface area contributed by atoms with Gasteiger partial charge in [0, 0.05) is 6.04 Å². The highest BCUT2D eigenvalue weighted by molar-refractivity contribution is 5.94. The fourth-order valence-electron chi connectivity index (χ4n) is 4.10. The lowest BCUT2D eigenvalue weighted by Gasteiger charge is -2.22. The second-order valence-electron chi connectivity index (χ2n) is 9.29. The molecule has 1 fully saturated rings. The molecular weight excluding hydrogens is 540 g/mol. The van der Waals surface area contributed by atoms with E-state index in [0.29, 0.717) is 6.29 Å². The van der Waals surface area contributed by atoms with E-state index < -0.39 is 0 Å². The molecule has 1 heterocycles. The highest BCUT2D eigenvalue weighted by Crippen LogP contribution is 2.17. The summed E-state index contributed by atoms with van der Waals surface area (Å²) < 4.78 is 1.28. The van der Waals surface area contributed by atoms with Crippen LogP contribution in [0.1, 0.15) is 97.9 Å². The maximum atomic E-state index is 12.5. The number of aliphatic hydroxyl groups excluding tert-OH is 1. The number of nitrogens with zero attached hydrogens (tertiary/aromatic N) is 2. The van der Waals surface area contributed by atoms with Crippen molar-refractivity contribution in [1.29, 1.82) is 0 Å². The summed E-state index contributed by atoms with van der Waals surface area (Å²) in [5, 5.41) is 18.6. The van der Waals surface area contributed by atoms with Crippen LogP contribution < -0.4 is 10.6 Å². The van der Waals surface area contributed by atoms with Gasteiger partial charge in [-0.3, -0.25) is 19.1 Å². The highest BCUT2D eigenvalue weighted by Gasteiger charge is 2.20. The fourth-order valence-corrected chi connectivity index (χ4v) is 4.10. The van der Waals surface area contributed by atoms with Crippen LogP contribution in [0.5, 0.6) is 0 Å². The number of aldehydes is 1. The monoisotopic (exact) mass is 588 g/mol. The van der Waals surface area contributed by atoms with Crippen LogP contribution in [0.3, 0.4) is 0 Å². The molecule has 0 spiro atoms. The van der Waals surface area contributed by atoms with Crippen molar-refractivity contribution >= 4 is 18.1 Å². The molecule has 8 nitrogen and oxygen atoms in total. The number of amides is 2. The van der Waals surface area contributed by atoms with E-state index in [2.05, 4.69) is 35.2 Å². The molecule has 0 saturated heterocycles. The Bertz CT molecular complexity index is 1200. The summed E-state index contributed by atoms with van der Waals surface area (Å²) in [4.78, 5) is 36.2. The van der Waals surface area contributed by atoms with Crippen molar-refractivity contribution in [3.8, 4) is 12.8 Å². The van der Waals surface area contributed by atoms with Gasteiger partial charge in [0.15, 0.2) is 12.0 Å². The van der Waals surface area contributed by atoms with E-state index >= 15 is 0 Å². The number of aliphatic hydroxyl groups is 1. The van der Waals surface area contributed by atoms with Gasteiger partial charge in [0.2, 0.25) is 5.91 Å². The van der Waals surface area contributed by atoms with Crippen molar-refractivity contribution in [2.24, 2.45) is 0 Å². The summed E-state index contributed by atoms with van der Waals surface area (Å²) in [6.45, 7) is 11.2. The zero-order chi connectivity index (χ0) is 32.5. The van der Waals surface area contributed by atoms with Crippen molar-refractivity contribution in [2.45, 2.75) is 85.0 Å². The first-order chi connectivity index (χ1) is 20.9. The average Bonchev–Trinajstić information content (AvgIpc) is 3.47. The number of carbonyl (C=O) groups is 3. The summed E-state index contributed by atoms with van der Waals surface area (Å²) in [6, 6.07) is 20.5. The average molecular weight is 589 g/mol. The number of hydrogen-bond donors (Lipinski definition) is 3. The topological polar surface area (TPSA) is 113 Å². The molecule has 1 aromatic heterocycles. The molecule has 1 aliphatic carbocycles. The van der Waals surface area contributed by atoms with Crippen molar-refractivity contribution in [3.63, 3.8) is 0 Å². The van der Waals surface area contributed by atoms with E-state index in [-0.39, 0.29) is 48.4 Å². The van der Waals surface area contributed by atoms with Gasteiger partial charge in [-0.05, 0) is 43.9 Å². The van der Waals surface area contributed by atoms with E-state index in [1.54, 1.807) is 6.08 Å². The molecule has 2 aromatic carbocycles. The highest BCUT2D eigenvalue weighted by atomic mass is 16.3. The van der Waals surface area contributed by atoms with Gasteiger partial charge in [0.05, 0.1) is 12.6 Å². The molecular formula is C35H48N4O4. The molecule has 1 unspecified atom stereocenters. The van der Waals surface area contributed by atoms with Gasteiger partial charge in [0.1, 0.15) is 12.2 Å². The summed E-state index contributed by atoms with van der Waals surface area (Å²) >= 11 is 0. The first-order valence-corrected chi connectivity index (χ1v) is 14.6. The van der Waals surface area contributed by atoms with Crippen molar-refractivity contribution in [1.82, 2.24) is 20.4 Å². The lowest BCUT2D eigenvalue weighted by molar-refractivity contribution is -0.122.